The van der Waals surface area contributed by atoms with Gasteiger partial charge in [0.05, 0.1) is 11.6 Å². The van der Waals surface area contributed by atoms with E-state index in [4.69, 9.17) is 0 Å². The maximum atomic E-state index is 9.81. The van der Waals surface area contributed by atoms with Gasteiger partial charge < -0.3 is 5.11 Å². The van der Waals surface area contributed by atoms with Crippen LogP contribution < -0.4 is 0 Å². The molecule has 0 unspecified atom stereocenters. The average Bonchev–Trinajstić information content (AvgIpc) is 2.48. The fraction of sp³-hybridized carbons (Fsp3) is 0.133. The van der Waals surface area contributed by atoms with Crippen molar-refractivity contribution in [1.82, 2.24) is 15.0 Å². The lowest BCUT2D eigenvalue weighted by molar-refractivity contribution is 0.195. The van der Waals surface area contributed by atoms with Crippen LogP contribution in [-0.2, 0) is 0 Å². The van der Waals surface area contributed by atoms with Crippen LogP contribution in [0, 0.1) is 0 Å². The van der Waals surface area contributed by atoms with Gasteiger partial charge in [-0.25, -0.2) is 15.0 Å². The van der Waals surface area contributed by atoms with Gasteiger partial charge in [-0.3, -0.25) is 0 Å². The third-order valence-electron chi connectivity index (χ3n) is 2.95. The molecule has 2 heterocycles. The topological polar surface area (TPSA) is 58.9 Å². The number of benzene rings is 1. The predicted molar refractivity (Wildman–Crippen MR) is 78.5 cm³/mol. The summed E-state index contributed by atoms with van der Waals surface area (Å²) in [5.74, 6) is 0. The first-order valence-electron chi connectivity index (χ1n) is 6.26. The Morgan fingerprint density at radius 2 is 1.85 bits per heavy atom. The van der Waals surface area contributed by atoms with Crippen molar-refractivity contribution < 1.29 is 5.11 Å². The predicted octanol–water partition coefficient (Wildman–Crippen LogP) is 3.23. The lowest BCUT2D eigenvalue weighted by atomic mass is 10.2. The summed E-state index contributed by atoms with van der Waals surface area (Å²) in [6.45, 7) is 1.74. The number of aliphatic hydroxyl groups is 1. The monoisotopic (exact) mass is 283 g/mol. The number of nitrogens with zero attached hydrogens (tertiary/aromatic N) is 3. The fourth-order valence-corrected chi connectivity index (χ4v) is 3.00. The molecule has 2 aromatic heterocycles. The molecule has 0 fully saturated rings. The summed E-state index contributed by atoms with van der Waals surface area (Å²) in [7, 11) is 0. The Bertz CT molecular complexity index is 741. The molecule has 0 aliphatic carbocycles. The first kappa shape index (κ1) is 13.0. The first-order valence-corrected chi connectivity index (χ1v) is 7.08. The van der Waals surface area contributed by atoms with E-state index >= 15 is 0 Å². The summed E-state index contributed by atoms with van der Waals surface area (Å²) in [6, 6.07) is 11.6. The van der Waals surface area contributed by atoms with Gasteiger partial charge in [0.15, 0.2) is 0 Å². The highest BCUT2D eigenvalue weighted by Gasteiger charge is 2.12. The van der Waals surface area contributed by atoms with Crippen molar-refractivity contribution in [3.8, 4) is 0 Å². The zero-order valence-electron chi connectivity index (χ0n) is 10.9. The number of rotatable bonds is 3. The normalized spacial score (nSPS) is 12.5. The van der Waals surface area contributed by atoms with Crippen LogP contribution >= 0.6 is 11.8 Å². The van der Waals surface area contributed by atoms with Gasteiger partial charge in [-0.2, -0.15) is 0 Å². The Balaban J connectivity index is 2.06. The van der Waals surface area contributed by atoms with E-state index in [1.54, 1.807) is 19.4 Å². The van der Waals surface area contributed by atoms with Crippen LogP contribution in [-0.4, -0.2) is 20.1 Å². The molecule has 0 spiro atoms. The SMILES string of the molecule is C[C@H](O)c1cccnc1Sc1ncnc2ccccc12. The Morgan fingerprint density at radius 1 is 1.00 bits per heavy atom. The molecule has 1 aromatic carbocycles. The third kappa shape index (κ3) is 2.50. The zero-order valence-corrected chi connectivity index (χ0v) is 11.7. The Labute approximate surface area is 120 Å². The number of aliphatic hydroxyl groups excluding tert-OH is 1. The fourth-order valence-electron chi connectivity index (χ4n) is 1.96. The molecule has 3 aromatic rings. The van der Waals surface area contributed by atoms with E-state index in [0.29, 0.717) is 0 Å². The van der Waals surface area contributed by atoms with Gasteiger partial charge in [-0.15, -0.1) is 0 Å². The summed E-state index contributed by atoms with van der Waals surface area (Å²) >= 11 is 1.45. The van der Waals surface area contributed by atoms with Crippen molar-refractivity contribution in [2.24, 2.45) is 0 Å². The van der Waals surface area contributed by atoms with Crippen molar-refractivity contribution in [2.45, 2.75) is 23.1 Å². The van der Waals surface area contributed by atoms with E-state index in [9.17, 15) is 5.11 Å². The molecule has 0 saturated heterocycles. The van der Waals surface area contributed by atoms with Crippen molar-refractivity contribution in [1.29, 1.82) is 0 Å². The zero-order chi connectivity index (χ0) is 13.9. The van der Waals surface area contributed by atoms with Gasteiger partial charge in [0.2, 0.25) is 0 Å². The first-order chi connectivity index (χ1) is 9.75. The standard InChI is InChI=1S/C15H13N3OS/c1-10(19)11-6-4-8-16-14(11)20-15-12-5-2-3-7-13(12)17-9-18-15/h2-10,19H,1H3/t10-/m0/s1. The molecule has 5 heteroatoms. The van der Waals surface area contributed by atoms with E-state index in [2.05, 4.69) is 15.0 Å². The molecule has 100 valence electrons. The largest absolute Gasteiger partial charge is 0.389 e. The molecule has 0 aliphatic heterocycles. The molecular formula is C15H13N3OS. The number of hydrogen-bond acceptors (Lipinski definition) is 5. The Kier molecular flexibility index (Phi) is 3.62. The molecule has 4 nitrogen and oxygen atoms in total. The van der Waals surface area contributed by atoms with E-state index in [1.807, 2.05) is 36.4 Å². The number of hydrogen-bond donors (Lipinski definition) is 1. The van der Waals surface area contributed by atoms with Gasteiger partial charge in [-0.1, -0.05) is 24.3 Å². The third-order valence-corrected chi connectivity index (χ3v) is 4.00. The van der Waals surface area contributed by atoms with E-state index < -0.39 is 6.10 Å². The van der Waals surface area contributed by atoms with Crippen LogP contribution in [0.4, 0.5) is 0 Å². The second kappa shape index (κ2) is 5.56. The second-order valence-electron chi connectivity index (χ2n) is 4.37. The smallest absolute Gasteiger partial charge is 0.117 e. The van der Waals surface area contributed by atoms with Crippen LogP contribution in [0.15, 0.2) is 59.0 Å². The summed E-state index contributed by atoms with van der Waals surface area (Å²) in [5, 5.41) is 12.4. The molecule has 0 aliphatic rings. The maximum absolute atomic E-state index is 9.81. The highest BCUT2D eigenvalue weighted by Crippen LogP contribution is 2.33. The average molecular weight is 283 g/mol. The Morgan fingerprint density at radius 3 is 2.70 bits per heavy atom. The summed E-state index contributed by atoms with van der Waals surface area (Å²) in [6.07, 6.45) is 2.71. The van der Waals surface area contributed by atoms with Gasteiger partial charge in [0.25, 0.3) is 0 Å². The summed E-state index contributed by atoms with van der Waals surface area (Å²) in [5.41, 5.74) is 1.71. The van der Waals surface area contributed by atoms with E-state index in [0.717, 1.165) is 26.5 Å². The van der Waals surface area contributed by atoms with Crippen molar-refractivity contribution in [3.05, 3.63) is 54.5 Å². The maximum Gasteiger partial charge on any atom is 0.117 e. The number of fused-ring (bicyclic) bond motifs is 1. The lowest BCUT2D eigenvalue weighted by Gasteiger charge is -2.10. The molecule has 1 atom stereocenters. The highest BCUT2D eigenvalue weighted by atomic mass is 32.2. The summed E-state index contributed by atoms with van der Waals surface area (Å²) < 4.78 is 0. The highest BCUT2D eigenvalue weighted by molar-refractivity contribution is 7.99. The van der Waals surface area contributed by atoms with Gasteiger partial charge >= 0.3 is 0 Å². The van der Waals surface area contributed by atoms with Crippen molar-refractivity contribution >= 4 is 22.7 Å². The minimum Gasteiger partial charge on any atom is -0.389 e. The van der Waals surface area contributed by atoms with Crippen molar-refractivity contribution in [2.75, 3.05) is 0 Å². The molecule has 0 radical (unpaired) electrons. The molecule has 1 N–H and O–H groups in total. The van der Waals surface area contributed by atoms with Crippen LogP contribution in [0.1, 0.15) is 18.6 Å². The number of para-hydroxylation sites is 1. The van der Waals surface area contributed by atoms with Crippen LogP contribution in [0.25, 0.3) is 10.9 Å². The molecule has 3 rings (SSSR count). The molecular weight excluding hydrogens is 270 g/mol. The lowest BCUT2D eigenvalue weighted by Crippen LogP contribution is -1.96. The van der Waals surface area contributed by atoms with E-state index in [1.165, 1.54) is 11.8 Å². The second-order valence-corrected chi connectivity index (χ2v) is 5.35. The molecule has 0 saturated carbocycles. The van der Waals surface area contributed by atoms with Gasteiger partial charge in [0.1, 0.15) is 16.4 Å². The molecule has 0 amide bonds. The minimum atomic E-state index is -0.556. The van der Waals surface area contributed by atoms with Crippen LogP contribution in [0.5, 0.6) is 0 Å². The van der Waals surface area contributed by atoms with E-state index in [-0.39, 0.29) is 0 Å². The Hall–Kier alpha value is -1.98. The van der Waals surface area contributed by atoms with Crippen LogP contribution in [0.3, 0.4) is 0 Å². The molecule has 20 heavy (non-hydrogen) atoms. The molecule has 0 bridgehead atoms. The number of pyridine rings is 1. The summed E-state index contributed by atoms with van der Waals surface area (Å²) in [4.78, 5) is 12.9. The number of aromatic nitrogens is 3. The van der Waals surface area contributed by atoms with Gasteiger partial charge in [0, 0.05) is 17.1 Å². The van der Waals surface area contributed by atoms with Crippen molar-refractivity contribution in [3.63, 3.8) is 0 Å². The quantitative estimate of drug-likeness (QED) is 0.748. The minimum absolute atomic E-state index is 0.556. The van der Waals surface area contributed by atoms with Gasteiger partial charge in [-0.05, 0) is 30.8 Å². The van der Waals surface area contributed by atoms with Crippen LogP contribution in [0.2, 0.25) is 0 Å².